The summed E-state index contributed by atoms with van der Waals surface area (Å²) in [5.41, 5.74) is 2.69. The number of H-pyrrole nitrogens is 1. The van der Waals surface area contributed by atoms with Crippen molar-refractivity contribution in [2.45, 2.75) is 6.04 Å². The van der Waals surface area contributed by atoms with E-state index in [9.17, 15) is 9.90 Å². The molecule has 0 saturated heterocycles. The van der Waals surface area contributed by atoms with Crippen LogP contribution in [0.5, 0.6) is 5.75 Å². The predicted molar refractivity (Wildman–Crippen MR) is 102 cm³/mol. The number of phenols is 1. The molecule has 2 aromatic heterocycles. The van der Waals surface area contributed by atoms with Crippen LogP contribution in [0.25, 0.3) is 11.3 Å². The van der Waals surface area contributed by atoms with Crippen LogP contribution in [0.4, 0.5) is 11.6 Å². The van der Waals surface area contributed by atoms with E-state index in [2.05, 4.69) is 31.0 Å². The van der Waals surface area contributed by atoms with Crippen LogP contribution in [0.2, 0.25) is 5.02 Å². The number of rotatable bonds is 2. The molecule has 1 aliphatic heterocycles. The van der Waals surface area contributed by atoms with E-state index < -0.39 is 6.04 Å². The van der Waals surface area contributed by atoms with Crippen LogP contribution in [0.1, 0.15) is 17.2 Å². The largest absolute Gasteiger partial charge is 0.508 e. The summed E-state index contributed by atoms with van der Waals surface area (Å²) in [5.74, 6) is 0.473. The Balaban J connectivity index is 1.81. The first-order valence-corrected chi connectivity index (χ1v) is 8.72. The van der Waals surface area contributed by atoms with E-state index in [1.54, 1.807) is 41.1 Å². The summed E-state index contributed by atoms with van der Waals surface area (Å²) in [6.07, 6.45) is 0. The van der Waals surface area contributed by atoms with Crippen molar-refractivity contribution in [2.24, 2.45) is 0 Å². The topological polar surface area (TPSA) is 122 Å². The van der Waals surface area contributed by atoms with Crippen LogP contribution in [0.15, 0.2) is 53.3 Å². The number of nitrogens with zero attached hydrogens (tertiary/aromatic N) is 5. The molecule has 4 aromatic rings. The van der Waals surface area contributed by atoms with Crippen molar-refractivity contribution in [3.63, 3.8) is 0 Å². The second-order valence-electron chi connectivity index (χ2n) is 6.26. The van der Waals surface area contributed by atoms with E-state index >= 15 is 0 Å². The lowest BCUT2D eigenvalue weighted by Crippen LogP contribution is -2.29. The zero-order valence-electron chi connectivity index (χ0n) is 14.2. The number of hydrogen-bond donors (Lipinski definition) is 3. The Kier molecular flexibility index (Phi) is 3.63. The van der Waals surface area contributed by atoms with Gasteiger partial charge in [0.1, 0.15) is 17.5 Å². The average molecular weight is 394 g/mol. The van der Waals surface area contributed by atoms with Gasteiger partial charge in [-0.3, -0.25) is 4.79 Å². The van der Waals surface area contributed by atoms with Gasteiger partial charge >= 0.3 is 0 Å². The lowest BCUT2D eigenvalue weighted by molar-refractivity contribution is 0.474. The highest BCUT2D eigenvalue weighted by Gasteiger charge is 2.34. The molecule has 0 fully saturated rings. The second-order valence-corrected chi connectivity index (χ2v) is 6.70. The van der Waals surface area contributed by atoms with Crippen molar-refractivity contribution in [2.75, 3.05) is 5.32 Å². The number of benzene rings is 2. The summed E-state index contributed by atoms with van der Waals surface area (Å²) in [7, 11) is 0. The molecule has 0 amide bonds. The molecular weight excluding hydrogens is 382 g/mol. The molecule has 0 unspecified atom stereocenters. The highest BCUT2D eigenvalue weighted by Crippen LogP contribution is 2.41. The molecular formula is C18H12ClN7O2. The Morgan fingerprint density at radius 1 is 1.07 bits per heavy atom. The van der Waals surface area contributed by atoms with Crippen molar-refractivity contribution in [3.05, 3.63) is 75.0 Å². The van der Waals surface area contributed by atoms with Gasteiger partial charge in [0.15, 0.2) is 0 Å². The van der Waals surface area contributed by atoms with Gasteiger partial charge in [-0.2, -0.15) is 9.78 Å². The third-order valence-corrected chi connectivity index (χ3v) is 4.85. The number of nitrogens with one attached hydrogen (secondary N) is 2. The summed E-state index contributed by atoms with van der Waals surface area (Å²) >= 11 is 6.01. The van der Waals surface area contributed by atoms with E-state index in [0.717, 1.165) is 11.1 Å². The van der Waals surface area contributed by atoms with Gasteiger partial charge in [-0.1, -0.05) is 41.0 Å². The van der Waals surface area contributed by atoms with Crippen LogP contribution in [-0.4, -0.2) is 35.5 Å². The van der Waals surface area contributed by atoms with Crippen molar-refractivity contribution >= 4 is 23.2 Å². The maximum absolute atomic E-state index is 12.5. The Morgan fingerprint density at radius 2 is 1.82 bits per heavy atom. The third kappa shape index (κ3) is 2.52. The Labute approximate surface area is 162 Å². The number of aromatic amines is 1. The normalized spacial score (nSPS) is 14.8. The molecule has 3 heterocycles. The second kappa shape index (κ2) is 6.17. The quantitative estimate of drug-likeness (QED) is 0.421. The summed E-state index contributed by atoms with van der Waals surface area (Å²) < 4.78 is 1.58. The van der Waals surface area contributed by atoms with Gasteiger partial charge in [0.25, 0.3) is 5.56 Å². The molecule has 1 atom stereocenters. The molecule has 0 radical (unpaired) electrons. The minimum atomic E-state index is -0.512. The summed E-state index contributed by atoms with van der Waals surface area (Å²) in [6.45, 7) is 0. The SMILES string of the molecule is O=c1[nH]nc(-c2ccc(Cl)cc2)c2c1Nc1nnnn1[C@@H]2c1ccc(O)cc1. The standard InChI is InChI=1S/C18H12ClN7O2/c19-11-5-1-9(2-6-11)14-13-15(17(28)22-21-14)20-18-23-24-25-26(18)16(13)10-3-7-12(27)8-4-10/h1-8,16,27H,(H,22,28)(H,20,23,25)/t16-/m1/s1. The number of hydrogen-bond acceptors (Lipinski definition) is 7. The van der Waals surface area contributed by atoms with Crippen molar-refractivity contribution in [1.29, 1.82) is 0 Å². The van der Waals surface area contributed by atoms with Crippen molar-refractivity contribution in [3.8, 4) is 17.0 Å². The van der Waals surface area contributed by atoms with Gasteiger partial charge in [0, 0.05) is 16.1 Å². The smallest absolute Gasteiger partial charge is 0.288 e. The number of halogens is 1. The maximum atomic E-state index is 12.5. The summed E-state index contributed by atoms with van der Waals surface area (Å²) in [4.78, 5) is 12.5. The molecule has 10 heteroatoms. The summed E-state index contributed by atoms with van der Waals surface area (Å²) in [5, 5.41) is 31.8. The van der Waals surface area contributed by atoms with Gasteiger partial charge in [0.2, 0.25) is 5.95 Å². The molecule has 0 bridgehead atoms. The first kappa shape index (κ1) is 16.5. The number of phenolic OH excluding ortho intramolecular Hbond substituents is 1. The molecule has 0 spiro atoms. The van der Waals surface area contributed by atoms with E-state index in [1.165, 1.54) is 0 Å². The lowest BCUT2D eigenvalue weighted by atomic mass is 9.92. The molecule has 9 nitrogen and oxygen atoms in total. The van der Waals surface area contributed by atoms with E-state index in [0.29, 0.717) is 27.9 Å². The molecule has 3 N–H and O–H groups in total. The van der Waals surface area contributed by atoms with Crippen LogP contribution >= 0.6 is 11.6 Å². The number of anilines is 2. The average Bonchev–Trinajstić information content (AvgIpc) is 3.17. The molecule has 28 heavy (non-hydrogen) atoms. The summed E-state index contributed by atoms with van der Waals surface area (Å²) in [6, 6.07) is 13.3. The van der Waals surface area contributed by atoms with Gasteiger partial charge in [-0.25, -0.2) is 5.10 Å². The first-order valence-electron chi connectivity index (χ1n) is 8.34. The predicted octanol–water partition coefficient (Wildman–Crippen LogP) is 2.48. The minimum absolute atomic E-state index is 0.136. The highest BCUT2D eigenvalue weighted by atomic mass is 35.5. The van der Waals surface area contributed by atoms with Crippen molar-refractivity contribution < 1.29 is 5.11 Å². The van der Waals surface area contributed by atoms with Crippen molar-refractivity contribution in [1.82, 2.24) is 30.4 Å². The fraction of sp³-hybridized carbons (Fsp3) is 0.0556. The maximum Gasteiger partial charge on any atom is 0.288 e. The fourth-order valence-electron chi connectivity index (χ4n) is 3.33. The zero-order valence-corrected chi connectivity index (χ0v) is 14.9. The Hall–Kier alpha value is -3.72. The molecule has 138 valence electrons. The van der Waals surface area contributed by atoms with Crippen LogP contribution in [0, 0.1) is 0 Å². The van der Waals surface area contributed by atoms with Crippen LogP contribution in [-0.2, 0) is 0 Å². The van der Waals surface area contributed by atoms with E-state index in [1.807, 2.05) is 12.1 Å². The van der Waals surface area contributed by atoms with Gasteiger partial charge in [-0.15, -0.1) is 0 Å². The lowest BCUT2D eigenvalue weighted by Gasteiger charge is -2.27. The van der Waals surface area contributed by atoms with Crippen LogP contribution < -0.4 is 10.9 Å². The Morgan fingerprint density at radius 3 is 2.57 bits per heavy atom. The molecule has 5 rings (SSSR count). The van der Waals surface area contributed by atoms with E-state index in [4.69, 9.17) is 11.6 Å². The van der Waals surface area contributed by atoms with Gasteiger partial charge < -0.3 is 10.4 Å². The van der Waals surface area contributed by atoms with Gasteiger partial charge in [-0.05, 0) is 40.3 Å². The Bertz CT molecular complexity index is 1230. The monoisotopic (exact) mass is 393 g/mol. The van der Waals surface area contributed by atoms with Crippen LogP contribution in [0.3, 0.4) is 0 Å². The van der Waals surface area contributed by atoms with E-state index in [-0.39, 0.29) is 11.3 Å². The number of tetrazole rings is 1. The minimum Gasteiger partial charge on any atom is -0.508 e. The number of fused-ring (bicyclic) bond motifs is 2. The fourth-order valence-corrected chi connectivity index (χ4v) is 3.46. The number of aromatic nitrogens is 6. The molecule has 0 saturated carbocycles. The van der Waals surface area contributed by atoms with Gasteiger partial charge in [0.05, 0.1) is 5.69 Å². The highest BCUT2D eigenvalue weighted by molar-refractivity contribution is 6.30. The number of aromatic hydroxyl groups is 1. The molecule has 2 aromatic carbocycles. The third-order valence-electron chi connectivity index (χ3n) is 4.59. The zero-order chi connectivity index (χ0) is 19.3. The first-order chi connectivity index (χ1) is 13.6. The molecule has 0 aliphatic carbocycles. The molecule has 1 aliphatic rings.